The Balaban J connectivity index is 1.65. The van der Waals surface area contributed by atoms with E-state index in [-0.39, 0.29) is 4.90 Å². The number of aromatic amines is 1. The van der Waals surface area contributed by atoms with Crippen molar-refractivity contribution in [3.05, 3.63) is 40.4 Å². The lowest BCUT2D eigenvalue weighted by Crippen LogP contribution is -2.26. The van der Waals surface area contributed by atoms with E-state index in [1.807, 2.05) is 11.5 Å². The zero-order valence-corrected chi connectivity index (χ0v) is 13.9. The molecular weight excluding hydrogens is 320 g/mol. The van der Waals surface area contributed by atoms with Gasteiger partial charge in [0.25, 0.3) is 0 Å². The first-order valence-corrected chi connectivity index (χ1v) is 9.08. The Morgan fingerprint density at radius 3 is 2.68 bits per heavy atom. The van der Waals surface area contributed by atoms with Crippen molar-refractivity contribution in [1.82, 2.24) is 19.5 Å². The van der Waals surface area contributed by atoms with Crippen LogP contribution in [0.4, 0.5) is 0 Å². The number of nitrogens with zero attached hydrogens (tertiary/aromatic N) is 2. The molecule has 0 aliphatic heterocycles. The van der Waals surface area contributed by atoms with E-state index in [4.69, 9.17) is 12.2 Å². The topological polar surface area (TPSA) is 79.8 Å². The molecule has 1 aromatic carbocycles. The second-order valence-corrected chi connectivity index (χ2v) is 7.66. The van der Waals surface area contributed by atoms with Crippen molar-refractivity contribution in [2.75, 3.05) is 6.54 Å². The van der Waals surface area contributed by atoms with Gasteiger partial charge in [0, 0.05) is 19.0 Å². The summed E-state index contributed by atoms with van der Waals surface area (Å²) in [6, 6.07) is 7.21. The van der Waals surface area contributed by atoms with Gasteiger partial charge in [0.1, 0.15) is 5.82 Å². The molecule has 118 valence electrons. The Hall–Kier alpha value is -1.51. The quantitative estimate of drug-likeness (QED) is 0.791. The zero-order chi connectivity index (χ0) is 15.7. The SMILES string of the molecule is Cc1ccc(S(=O)(=O)NCCc2n[nH]c(=S)n2C2CC2)cc1. The van der Waals surface area contributed by atoms with Crippen molar-refractivity contribution in [3.63, 3.8) is 0 Å². The van der Waals surface area contributed by atoms with Crippen LogP contribution in [0.3, 0.4) is 0 Å². The number of sulfonamides is 1. The highest BCUT2D eigenvalue weighted by atomic mass is 32.2. The Bertz CT molecular complexity index is 817. The van der Waals surface area contributed by atoms with Crippen LogP contribution in [0.15, 0.2) is 29.2 Å². The van der Waals surface area contributed by atoms with Gasteiger partial charge in [0.2, 0.25) is 10.0 Å². The molecule has 1 aliphatic carbocycles. The van der Waals surface area contributed by atoms with Crippen LogP contribution in [0, 0.1) is 11.7 Å². The highest BCUT2D eigenvalue weighted by molar-refractivity contribution is 7.89. The van der Waals surface area contributed by atoms with E-state index in [2.05, 4.69) is 14.9 Å². The molecule has 0 atom stereocenters. The minimum Gasteiger partial charge on any atom is -0.301 e. The molecule has 0 amide bonds. The largest absolute Gasteiger partial charge is 0.301 e. The second kappa shape index (κ2) is 5.94. The maximum atomic E-state index is 12.2. The monoisotopic (exact) mass is 338 g/mol. The van der Waals surface area contributed by atoms with Crippen LogP contribution in [-0.4, -0.2) is 29.7 Å². The molecule has 1 aromatic heterocycles. The number of nitrogens with one attached hydrogen (secondary N) is 2. The molecule has 0 unspecified atom stereocenters. The molecule has 1 heterocycles. The van der Waals surface area contributed by atoms with Gasteiger partial charge in [-0.15, -0.1) is 0 Å². The smallest absolute Gasteiger partial charge is 0.240 e. The van der Waals surface area contributed by atoms with Gasteiger partial charge in [0.15, 0.2) is 4.77 Å². The Morgan fingerprint density at radius 1 is 1.36 bits per heavy atom. The maximum Gasteiger partial charge on any atom is 0.240 e. The van der Waals surface area contributed by atoms with Crippen molar-refractivity contribution in [3.8, 4) is 0 Å². The van der Waals surface area contributed by atoms with Crippen molar-refractivity contribution in [2.24, 2.45) is 0 Å². The van der Waals surface area contributed by atoms with Crippen molar-refractivity contribution in [2.45, 2.75) is 37.1 Å². The van der Waals surface area contributed by atoms with E-state index in [9.17, 15) is 8.42 Å². The van der Waals surface area contributed by atoms with Gasteiger partial charge in [-0.1, -0.05) is 17.7 Å². The molecule has 6 nitrogen and oxygen atoms in total. The maximum absolute atomic E-state index is 12.2. The standard InChI is InChI=1S/C14H18N4O2S2/c1-10-2-6-12(7-3-10)22(19,20)15-9-8-13-16-17-14(21)18(13)11-4-5-11/h2-3,6-7,11,15H,4-5,8-9H2,1H3,(H,17,21). The van der Waals surface area contributed by atoms with Crippen molar-refractivity contribution in [1.29, 1.82) is 0 Å². The van der Waals surface area contributed by atoms with Gasteiger partial charge in [0.05, 0.1) is 4.90 Å². The Kier molecular flexibility index (Phi) is 4.16. The normalized spacial score (nSPS) is 15.1. The summed E-state index contributed by atoms with van der Waals surface area (Å²) in [4.78, 5) is 0.277. The fourth-order valence-corrected chi connectivity index (χ4v) is 3.65. The summed E-state index contributed by atoms with van der Waals surface area (Å²) in [5.74, 6) is 0.805. The van der Waals surface area contributed by atoms with Crippen LogP contribution >= 0.6 is 12.2 Å². The van der Waals surface area contributed by atoms with Crippen LogP contribution in [0.5, 0.6) is 0 Å². The van der Waals surface area contributed by atoms with Gasteiger partial charge in [-0.2, -0.15) is 5.10 Å². The minimum atomic E-state index is -3.48. The zero-order valence-electron chi connectivity index (χ0n) is 12.2. The van der Waals surface area contributed by atoms with Gasteiger partial charge in [-0.05, 0) is 44.1 Å². The Labute approximate surface area is 134 Å². The number of hydrogen-bond donors (Lipinski definition) is 2. The Morgan fingerprint density at radius 2 is 2.05 bits per heavy atom. The van der Waals surface area contributed by atoms with Crippen LogP contribution in [0.1, 0.15) is 30.3 Å². The predicted octanol–water partition coefficient (Wildman–Crippen LogP) is 2.11. The van der Waals surface area contributed by atoms with Crippen LogP contribution in [-0.2, 0) is 16.4 Å². The van der Waals surface area contributed by atoms with Crippen LogP contribution in [0.25, 0.3) is 0 Å². The van der Waals surface area contributed by atoms with E-state index in [0.717, 1.165) is 24.2 Å². The molecule has 22 heavy (non-hydrogen) atoms. The predicted molar refractivity (Wildman–Crippen MR) is 85.8 cm³/mol. The highest BCUT2D eigenvalue weighted by Gasteiger charge is 2.27. The number of hydrogen-bond acceptors (Lipinski definition) is 4. The van der Waals surface area contributed by atoms with E-state index < -0.39 is 10.0 Å². The summed E-state index contributed by atoms with van der Waals surface area (Å²) in [7, 11) is -3.48. The average molecular weight is 338 g/mol. The summed E-state index contributed by atoms with van der Waals surface area (Å²) >= 11 is 5.21. The van der Waals surface area contributed by atoms with Gasteiger partial charge < -0.3 is 4.57 Å². The average Bonchev–Trinajstić information content (AvgIpc) is 3.24. The summed E-state index contributed by atoms with van der Waals surface area (Å²) in [5.41, 5.74) is 1.03. The molecule has 0 spiro atoms. The van der Waals surface area contributed by atoms with Crippen molar-refractivity contribution >= 4 is 22.2 Å². The van der Waals surface area contributed by atoms with E-state index in [1.165, 1.54) is 0 Å². The second-order valence-electron chi connectivity index (χ2n) is 5.51. The van der Waals surface area contributed by atoms with E-state index >= 15 is 0 Å². The third kappa shape index (κ3) is 3.29. The summed E-state index contributed by atoms with van der Waals surface area (Å²) < 4.78 is 29.6. The molecular formula is C14H18N4O2S2. The lowest BCUT2D eigenvalue weighted by Gasteiger charge is -2.08. The third-order valence-electron chi connectivity index (χ3n) is 3.66. The molecule has 2 N–H and O–H groups in total. The first-order chi connectivity index (χ1) is 10.5. The van der Waals surface area contributed by atoms with Gasteiger partial charge in [-0.3, -0.25) is 5.10 Å². The first kappa shape index (κ1) is 15.4. The molecule has 0 saturated heterocycles. The summed E-state index contributed by atoms with van der Waals surface area (Å²) in [6.45, 7) is 2.22. The van der Waals surface area contributed by atoms with Gasteiger partial charge in [-0.25, -0.2) is 13.1 Å². The van der Waals surface area contributed by atoms with E-state index in [0.29, 0.717) is 23.8 Å². The van der Waals surface area contributed by atoms with Gasteiger partial charge >= 0.3 is 0 Å². The molecule has 1 fully saturated rings. The molecule has 1 aliphatic rings. The minimum absolute atomic E-state index is 0.277. The van der Waals surface area contributed by atoms with Crippen molar-refractivity contribution < 1.29 is 8.42 Å². The fraction of sp³-hybridized carbons (Fsp3) is 0.429. The number of aryl methyl sites for hydroxylation is 1. The lowest BCUT2D eigenvalue weighted by atomic mass is 10.2. The van der Waals surface area contributed by atoms with Crippen LogP contribution in [0.2, 0.25) is 0 Å². The molecule has 3 rings (SSSR count). The summed E-state index contributed by atoms with van der Waals surface area (Å²) in [5, 5.41) is 6.97. The third-order valence-corrected chi connectivity index (χ3v) is 5.43. The van der Waals surface area contributed by atoms with E-state index in [1.54, 1.807) is 24.3 Å². The molecule has 0 radical (unpaired) electrons. The molecule has 1 saturated carbocycles. The fourth-order valence-electron chi connectivity index (χ4n) is 2.32. The molecule has 8 heteroatoms. The van der Waals surface area contributed by atoms with Crippen LogP contribution < -0.4 is 4.72 Å². The molecule has 2 aromatic rings. The number of H-pyrrole nitrogens is 1. The molecule has 0 bridgehead atoms. The number of rotatable bonds is 6. The highest BCUT2D eigenvalue weighted by Crippen LogP contribution is 2.35. The first-order valence-electron chi connectivity index (χ1n) is 7.19. The summed E-state index contributed by atoms with van der Waals surface area (Å²) in [6.07, 6.45) is 2.72. The number of benzene rings is 1. The number of aromatic nitrogens is 3. The lowest BCUT2D eigenvalue weighted by molar-refractivity contribution is 0.578.